The maximum Gasteiger partial charge on any atom is 0.119 e. The van der Waals surface area contributed by atoms with Gasteiger partial charge >= 0.3 is 0 Å². The molecule has 106 valence electrons. The van der Waals surface area contributed by atoms with Crippen molar-refractivity contribution in [3.63, 3.8) is 0 Å². The molecular formula is C17H20INO. The van der Waals surface area contributed by atoms with Crippen molar-refractivity contribution in [1.29, 1.82) is 0 Å². The first kappa shape index (κ1) is 15.2. The largest absolute Gasteiger partial charge is 0.494 e. The summed E-state index contributed by atoms with van der Waals surface area (Å²) in [6, 6.07) is 15.0. The van der Waals surface area contributed by atoms with E-state index in [1.807, 2.05) is 19.1 Å². The number of rotatable bonds is 5. The zero-order valence-corrected chi connectivity index (χ0v) is 14.3. The van der Waals surface area contributed by atoms with E-state index in [1.54, 1.807) is 0 Å². The summed E-state index contributed by atoms with van der Waals surface area (Å²) in [7, 11) is 0. The number of hydrogen-bond donors (Lipinski definition) is 1. The highest BCUT2D eigenvalue weighted by atomic mass is 127. The molecule has 2 aromatic rings. The Morgan fingerprint density at radius 1 is 1.15 bits per heavy atom. The van der Waals surface area contributed by atoms with Crippen LogP contribution in [-0.2, 0) is 0 Å². The number of anilines is 1. The van der Waals surface area contributed by atoms with Crippen molar-refractivity contribution in [2.75, 3.05) is 11.9 Å². The van der Waals surface area contributed by atoms with Gasteiger partial charge in [-0.2, -0.15) is 0 Å². The van der Waals surface area contributed by atoms with E-state index in [0.29, 0.717) is 6.61 Å². The summed E-state index contributed by atoms with van der Waals surface area (Å²) >= 11 is 2.37. The quantitative estimate of drug-likeness (QED) is 0.722. The van der Waals surface area contributed by atoms with Crippen LogP contribution < -0.4 is 10.1 Å². The molecule has 0 aromatic heterocycles. The molecule has 1 atom stereocenters. The second kappa shape index (κ2) is 6.97. The maximum absolute atomic E-state index is 5.47. The second-order valence-corrected chi connectivity index (χ2v) is 5.99. The molecule has 0 saturated carbocycles. The third-order valence-electron chi connectivity index (χ3n) is 3.25. The number of aryl methyl sites for hydroxylation is 1. The number of halogens is 1. The smallest absolute Gasteiger partial charge is 0.119 e. The molecule has 20 heavy (non-hydrogen) atoms. The summed E-state index contributed by atoms with van der Waals surface area (Å²) in [5, 5.41) is 3.53. The average molecular weight is 381 g/mol. The summed E-state index contributed by atoms with van der Waals surface area (Å²) in [6.07, 6.45) is 0. The average Bonchev–Trinajstić information content (AvgIpc) is 2.44. The summed E-state index contributed by atoms with van der Waals surface area (Å²) in [5.74, 6) is 0.924. The van der Waals surface area contributed by atoms with Crippen LogP contribution in [0.3, 0.4) is 0 Å². The summed E-state index contributed by atoms with van der Waals surface area (Å²) in [4.78, 5) is 0. The Labute approximate surface area is 134 Å². The third-order valence-corrected chi connectivity index (χ3v) is 4.41. The molecule has 0 aliphatic carbocycles. The molecule has 0 radical (unpaired) electrons. The van der Waals surface area contributed by atoms with Crippen molar-refractivity contribution >= 4 is 28.3 Å². The Morgan fingerprint density at radius 2 is 1.85 bits per heavy atom. The van der Waals surface area contributed by atoms with Gasteiger partial charge in [0.2, 0.25) is 0 Å². The van der Waals surface area contributed by atoms with Crippen molar-refractivity contribution in [1.82, 2.24) is 0 Å². The number of nitrogens with one attached hydrogen (secondary N) is 1. The maximum atomic E-state index is 5.47. The van der Waals surface area contributed by atoms with E-state index in [0.717, 1.165) is 11.4 Å². The summed E-state index contributed by atoms with van der Waals surface area (Å²) in [6.45, 7) is 7.00. The van der Waals surface area contributed by atoms with Gasteiger partial charge in [-0.25, -0.2) is 0 Å². The highest BCUT2D eigenvalue weighted by Gasteiger charge is 2.06. The van der Waals surface area contributed by atoms with Gasteiger partial charge in [0.05, 0.1) is 6.61 Å². The highest BCUT2D eigenvalue weighted by Crippen LogP contribution is 2.23. The van der Waals surface area contributed by atoms with E-state index in [2.05, 4.69) is 72.1 Å². The molecule has 0 bridgehead atoms. The van der Waals surface area contributed by atoms with Gasteiger partial charge in [-0.05, 0) is 78.8 Å². The normalized spacial score (nSPS) is 12.0. The number of benzene rings is 2. The van der Waals surface area contributed by atoms with E-state index in [-0.39, 0.29) is 6.04 Å². The van der Waals surface area contributed by atoms with Crippen molar-refractivity contribution in [2.24, 2.45) is 0 Å². The first-order valence-electron chi connectivity index (χ1n) is 6.85. The van der Waals surface area contributed by atoms with Gasteiger partial charge in [0.25, 0.3) is 0 Å². The van der Waals surface area contributed by atoms with Crippen LogP contribution in [0.5, 0.6) is 5.75 Å². The highest BCUT2D eigenvalue weighted by molar-refractivity contribution is 14.1. The molecular weight excluding hydrogens is 361 g/mol. The lowest BCUT2D eigenvalue weighted by Crippen LogP contribution is -2.06. The van der Waals surface area contributed by atoms with E-state index >= 15 is 0 Å². The van der Waals surface area contributed by atoms with E-state index < -0.39 is 0 Å². The Morgan fingerprint density at radius 3 is 2.45 bits per heavy atom. The minimum absolute atomic E-state index is 0.268. The molecule has 0 heterocycles. The summed E-state index contributed by atoms with van der Waals surface area (Å²) in [5.41, 5.74) is 3.72. The first-order valence-corrected chi connectivity index (χ1v) is 7.93. The molecule has 2 nitrogen and oxygen atoms in total. The Kier molecular flexibility index (Phi) is 5.29. The van der Waals surface area contributed by atoms with Crippen molar-refractivity contribution in [2.45, 2.75) is 26.8 Å². The molecule has 0 aliphatic heterocycles. The van der Waals surface area contributed by atoms with Crippen LogP contribution in [0, 0.1) is 10.5 Å². The van der Waals surface area contributed by atoms with Crippen LogP contribution in [0.2, 0.25) is 0 Å². The Bertz CT molecular complexity index is 566. The zero-order valence-electron chi connectivity index (χ0n) is 12.1. The van der Waals surface area contributed by atoms with Gasteiger partial charge in [0, 0.05) is 15.3 Å². The number of ether oxygens (including phenoxy) is 1. The lowest BCUT2D eigenvalue weighted by molar-refractivity contribution is 0.340. The molecule has 0 fully saturated rings. The molecule has 1 N–H and O–H groups in total. The zero-order chi connectivity index (χ0) is 14.5. The fourth-order valence-electron chi connectivity index (χ4n) is 2.04. The van der Waals surface area contributed by atoms with Crippen LogP contribution in [0.4, 0.5) is 5.69 Å². The molecule has 0 saturated heterocycles. The molecule has 2 rings (SSSR count). The molecule has 1 unspecified atom stereocenters. The monoisotopic (exact) mass is 381 g/mol. The fourth-order valence-corrected chi connectivity index (χ4v) is 2.55. The Balaban J connectivity index is 2.06. The predicted octanol–water partition coefficient (Wildman–Crippen LogP) is 5.17. The molecule has 0 spiro atoms. The topological polar surface area (TPSA) is 21.3 Å². The lowest BCUT2D eigenvalue weighted by Gasteiger charge is -2.17. The third kappa shape index (κ3) is 3.88. The standard InChI is InChI=1S/C17H20INO/c1-4-20-16-9-6-14(7-10-16)13(3)19-15-8-5-12(2)17(18)11-15/h5-11,13,19H,4H2,1-3H3. The van der Waals surface area contributed by atoms with Crippen LogP contribution in [-0.4, -0.2) is 6.61 Å². The molecule has 0 aliphatic rings. The van der Waals surface area contributed by atoms with Gasteiger partial charge in [0.1, 0.15) is 5.75 Å². The SMILES string of the molecule is CCOc1ccc(C(C)Nc2ccc(C)c(I)c2)cc1. The van der Waals surface area contributed by atoms with Crippen LogP contribution in [0.1, 0.15) is 31.0 Å². The first-order chi connectivity index (χ1) is 9.60. The van der Waals surface area contributed by atoms with Crippen LogP contribution >= 0.6 is 22.6 Å². The minimum atomic E-state index is 0.268. The Hall–Kier alpha value is -1.23. The molecule has 3 heteroatoms. The summed E-state index contributed by atoms with van der Waals surface area (Å²) < 4.78 is 6.75. The molecule has 2 aromatic carbocycles. The van der Waals surface area contributed by atoms with E-state index in [1.165, 1.54) is 14.7 Å². The van der Waals surface area contributed by atoms with Gasteiger partial charge in [-0.3, -0.25) is 0 Å². The minimum Gasteiger partial charge on any atom is -0.494 e. The van der Waals surface area contributed by atoms with Gasteiger partial charge in [0.15, 0.2) is 0 Å². The lowest BCUT2D eigenvalue weighted by atomic mass is 10.1. The van der Waals surface area contributed by atoms with Crippen molar-refractivity contribution < 1.29 is 4.74 Å². The van der Waals surface area contributed by atoms with E-state index in [9.17, 15) is 0 Å². The number of hydrogen-bond acceptors (Lipinski definition) is 2. The van der Waals surface area contributed by atoms with Gasteiger partial charge in [-0.15, -0.1) is 0 Å². The fraction of sp³-hybridized carbons (Fsp3) is 0.294. The second-order valence-electron chi connectivity index (χ2n) is 4.83. The predicted molar refractivity (Wildman–Crippen MR) is 93.5 cm³/mol. The van der Waals surface area contributed by atoms with E-state index in [4.69, 9.17) is 4.74 Å². The van der Waals surface area contributed by atoms with Gasteiger partial charge < -0.3 is 10.1 Å². The van der Waals surface area contributed by atoms with Crippen LogP contribution in [0.25, 0.3) is 0 Å². The molecule has 0 amide bonds. The van der Waals surface area contributed by atoms with Crippen molar-refractivity contribution in [3.8, 4) is 5.75 Å². The van der Waals surface area contributed by atoms with Crippen molar-refractivity contribution in [3.05, 3.63) is 57.2 Å². The van der Waals surface area contributed by atoms with Gasteiger partial charge in [-0.1, -0.05) is 18.2 Å². The van der Waals surface area contributed by atoms with Crippen LogP contribution in [0.15, 0.2) is 42.5 Å².